The van der Waals surface area contributed by atoms with Gasteiger partial charge in [-0.3, -0.25) is 0 Å². The van der Waals surface area contributed by atoms with Crippen LogP contribution in [-0.2, 0) is 4.74 Å². The van der Waals surface area contributed by atoms with Crippen molar-refractivity contribution in [2.24, 2.45) is 0 Å². The van der Waals surface area contributed by atoms with Gasteiger partial charge in [-0.25, -0.2) is 14.8 Å². The molecule has 0 unspecified atom stereocenters. The van der Waals surface area contributed by atoms with Crippen LogP contribution < -0.4 is 9.64 Å². The van der Waals surface area contributed by atoms with Crippen LogP contribution in [0, 0.1) is 0 Å². The summed E-state index contributed by atoms with van der Waals surface area (Å²) in [5.41, 5.74) is -0.471. The number of amides is 1. The van der Waals surface area contributed by atoms with Gasteiger partial charge in [-0.2, -0.15) is 0 Å². The number of aromatic nitrogens is 2. The van der Waals surface area contributed by atoms with Gasteiger partial charge in [-0.1, -0.05) is 0 Å². The van der Waals surface area contributed by atoms with E-state index in [0.29, 0.717) is 23.6 Å². The number of likely N-dealkylation sites (tertiary alicyclic amines) is 1. The summed E-state index contributed by atoms with van der Waals surface area (Å²) in [6.07, 6.45) is 5.34. The summed E-state index contributed by atoms with van der Waals surface area (Å²) >= 11 is 3.38. The maximum atomic E-state index is 12.2. The fourth-order valence-corrected chi connectivity index (χ4v) is 3.47. The van der Waals surface area contributed by atoms with E-state index in [9.17, 15) is 4.79 Å². The van der Waals surface area contributed by atoms with Crippen LogP contribution in [-0.4, -0.2) is 58.8 Å². The van der Waals surface area contributed by atoms with Gasteiger partial charge < -0.3 is 19.3 Å². The van der Waals surface area contributed by atoms with Gasteiger partial charge in [0.25, 0.3) is 5.88 Å². The second kappa shape index (κ2) is 7.98. The van der Waals surface area contributed by atoms with E-state index in [1.165, 1.54) is 12.8 Å². The Balaban J connectivity index is 1.59. The summed E-state index contributed by atoms with van der Waals surface area (Å²) in [5.74, 6) is 1.40. The quantitative estimate of drug-likeness (QED) is 0.734. The molecule has 26 heavy (non-hydrogen) atoms. The standard InChI is InChI=1S/C18H27BrN4O3/c1-18(2,3)26-17(24)23-10-6-13(7-11-23)25-16-15(20-12-14(19)21-16)22-8-4-5-9-22/h12-13H,4-11H2,1-3H3. The Bertz CT molecular complexity index is 636. The molecule has 3 rings (SSSR count). The predicted molar refractivity (Wildman–Crippen MR) is 103 cm³/mol. The highest BCUT2D eigenvalue weighted by Gasteiger charge is 2.29. The Labute approximate surface area is 163 Å². The number of anilines is 1. The molecule has 2 aliphatic rings. The van der Waals surface area contributed by atoms with E-state index in [4.69, 9.17) is 9.47 Å². The lowest BCUT2D eigenvalue weighted by Crippen LogP contribution is -2.44. The highest BCUT2D eigenvalue weighted by atomic mass is 79.9. The first kappa shape index (κ1) is 19.2. The minimum Gasteiger partial charge on any atom is -0.472 e. The van der Waals surface area contributed by atoms with Crippen molar-refractivity contribution in [3.05, 3.63) is 10.8 Å². The molecule has 1 amide bonds. The lowest BCUT2D eigenvalue weighted by atomic mass is 10.1. The molecule has 7 nitrogen and oxygen atoms in total. The van der Waals surface area contributed by atoms with E-state index in [-0.39, 0.29) is 12.2 Å². The molecule has 1 aromatic heterocycles. The van der Waals surface area contributed by atoms with E-state index in [1.54, 1.807) is 11.1 Å². The summed E-state index contributed by atoms with van der Waals surface area (Å²) < 4.78 is 12.3. The van der Waals surface area contributed by atoms with E-state index >= 15 is 0 Å². The second-order valence-corrected chi connectivity index (χ2v) is 8.61. The van der Waals surface area contributed by atoms with E-state index in [1.807, 2.05) is 20.8 Å². The van der Waals surface area contributed by atoms with Crippen molar-refractivity contribution in [2.45, 2.75) is 58.2 Å². The Morgan fingerprint density at radius 2 is 1.85 bits per heavy atom. The van der Waals surface area contributed by atoms with Gasteiger partial charge in [0, 0.05) is 39.0 Å². The van der Waals surface area contributed by atoms with Crippen molar-refractivity contribution >= 4 is 27.8 Å². The molecule has 8 heteroatoms. The van der Waals surface area contributed by atoms with Crippen molar-refractivity contribution in [1.82, 2.24) is 14.9 Å². The van der Waals surface area contributed by atoms with Gasteiger partial charge in [0.15, 0.2) is 5.82 Å². The Morgan fingerprint density at radius 3 is 2.46 bits per heavy atom. The zero-order valence-corrected chi connectivity index (χ0v) is 17.3. The molecule has 2 aliphatic heterocycles. The van der Waals surface area contributed by atoms with Crippen molar-refractivity contribution in [3.63, 3.8) is 0 Å². The molecule has 2 fully saturated rings. The van der Waals surface area contributed by atoms with Crippen LogP contribution in [0.4, 0.5) is 10.6 Å². The van der Waals surface area contributed by atoms with Crippen molar-refractivity contribution in [1.29, 1.82) is 0 Å². The molecule has 0 bridgehead atoms. The van der Waals surface area contributed by atoms with Crippen LogP contribution in [0.15, 0.2) is 10.8 Å². The Morgan fingerprint density at radius 1 is 1.19 bits per heavy atom. The first-order valence-corrected chi connectivity index (χ1v) is 10.0. The van der Waals surface area contributed by atoms with Crippen molar-refractivity contribution < 1.29 is 14.3 Å². The second-order valence-electron chi connectivity index (χ2n) is 7.80. The maximum absolute atomic E-state index is 12.2. The van der Waals surface area contributed by atoms with E-state index < -0.39 is 5.60 Å². The SMILES string of the molecule is CC(C)(C)OC(=O)N1CCC(Oc2nc(Br)cnc2N2CCCC2)CC1. The molecular weight excluding hydrogens is 400 g/mol. The zero-order chi connectivity index (χ0) is 18.7. The molecule has 0 radical (unpaired) electrons. The maximum Gasteiger partial charge on any atom is 0.410 e. The first-order chi connectivity index (χ1) is 12.3. The fraction of sp³-hybridized carbons (Fsp3) is 0.722. The Kier molecular flexibility index (Phi) is 5.89. The lowest BCUT2D eigenvalue weighted by molar-refractivity contribution is 0.0123. The molecule has 144 valence electrons. The van der Waals surface area contributed by atoms with Crippen LogP contribution in [0.2, 0.25) is 0 Å². The van der Waals surface area contributed by atoms with Gasteiger partial charge in [-0.05, 0) is 49.5 Å². The topological polar surface area (TPSA) is 67.8 Å². The molecule has 0 saturated carbocycles. The third kappa shape index (κ3) is 4.99. The number of halogens is 1. The molecule has 0 atom stereocenters. The summed E-state index contributed by atoms with van der Waals surface area (Å²) in [6.45, 7) is 8.87. The normalized spacial score (nSPS) is 18.9. The number of carbonyl (C=O) groups is 1. The molecule has 2 saturated heterocycles. The molecule has 0 spiro atoms. The zero-order valence-electron chi connectivity index (χ0n) is 15.7. The van der Waals surface area contributed by atoms with Gasteiger partial charge >= 0.3 is 6.09 Å². The number of hydrogen-bond donors (Lipinski definition) is 0. The third-order valence-electron chi connectivity index (χ3n) is 4.47. The molecule has 3 heterocycles. The van der Waals surface area contributed by atoms with Crippen LogP contribution >= 0.6 is 15.9 Å². The summed E-state index contributed by atoms with van der Waals surface area (Å²) in [7, 11) is 0. The van der Waals surface area contributed by atoms with Gasteiger partial charge in [0.1, 0.15) is 16.3 Å². The van der Waals surface area contributed by atoms with Gasteiger partial charge in [-0.15, -0.1) is 0 Å². The minimum atomic E-state index is -0.471. The van der Waals surface area contributed by atoms with Gasteiger partial charge in [0.2, 0.25) is 0 Å². The molecular formula is C18H27BrN4O3. The summed E-state index contributed by atoms with van der Waals surface area (Å²) in [5, 5.41) is 0. The lowest BCUT2D eigenvalue weighted by Gasteiger charge is -2.33. The highest BCUT2D eigenvalue weighted by Crippen LogP contribution is 2.30. The first-order valence-electron chi connectivity index (χ1n) is 9.24. The summed E-state index contributed by atoms with van der Waals surface area (Å²) in [4.78, 5) is 25.2. The average Bonchev–Trinajstić information content (AvgIpc) is 3.08. The third-order valence-corrected chi connectivity index (χ3v) is 4.85. The average molecular weight is 427 g/mol. The smallest absolute Gasteiger partial charge is 0.410 e. The highest BCUT2D eigenvalue weighted by molar-refractivity contribution is 9.10. The number of nitrogens with zero attached hydrogens (tertiary/aromatic N) is 4. The van der Waals surface area contributed by atoms with Crippen LogP contribution in [0.1, 0.15) is 46.5 Å². The largest absolute Gasteiger partial charge is 0.472 e. The van der Waals surface area contributed by atoms with Crippen molar-refractivity contribution in [2.75, 3.05) is 31.1 Å². The number of ether oxygens (including phenoxy) is 2. The molecule has 0 aliphatic carbocycles. The molecule has 1 aromatic rings. The van der Waals surface area contributed by atoms with Crippen LogP contribution in [0.3, 0.4) is 0 Å². The van der Waals surface area contributed by atoms with Crippen LogP contribution in [0.5, 0.6) is 5.88 Å². The number of rotatable bonds is 3. The molecule has 0 aromatic carbocycles. The Hall–Kier alpha value is -1.57. The predicted octanol–water partition coefficient (Wildman–Crippen LogP) is 3.62. The molecule has 0 N–H and O–H groups in total. The van der Waals surface area contributed by atoms with Crippen molar-refractivity contribution in [3.8, 4) is 5.88 Å². The monoisotopic (exact) mass is 426 g/mol. The number of carbonyl (C=O) groups excluding carboxylic acids is 1. The van der Waals surface area contributed by atoms with E-state index in [0.717, 1.165) is 31.7 Å². The van der Waals surface area contributed by atoms with E-state index in [2.05, 4.69) is 30.8 Å². The fourth-order valence-electron chi connectivity index (χ4n) is 3.21. The number of hydrogen-bond acceptors (Lipinski definition) is 6. The minimum absolute atomic E-state index is 0.0265. The summed E-state index contributed by atoms with van der Waals surface area (Å²) in [6, 6.07) is 0. The van der Waals surface area contributed by atoms with Crippen LogP contribution in [0.25, 0.3) is 0 Å². The number of piperidine rings is 1. The van der Waals surface area contributed by atoms with Gasteiger partial charge in [0.05, 0.1) is 6.20 Å².